The molecule has 0 spiro atoms. The van der Waals surface area contributed by atoms with E-state index in [-0.39, 0.29) is 10.5 Å². The monoisotopic (exact) mass is 436 g/mol. The number of benzene rings is 1. The highest BCUT2D eigenvalue weighted by atomic mass is 32.2. The van der Waals surface area contributed by atoms with Gasteiger partial charge in [-0.05, 0) is 37.1 Å². The minimum atomic E-state index is -3.57. The number of hydrogen-bond donors (Lipinski definition) is 1. The zero-order valence-corrected chi connectivity index (χ0v) is 18.3. The van der Waals surface area contributed by atoms with Crippen LogP contribution in [0.4, 0.5) is 5.00 Å². The molecular weight excluding hydrogens is 412 g/mol. The fourth-order valence-corrected chi connectivity index (χ4v) is 5.68. The quantitative estimate of drug-likeness (QED) is 0.700. The van der Waals surface area contributed by atoms with E-state index in [1.54, 1.807) is 12.1 Å². The number of hydrogen-bond acceptors (Lipinski definition) is 7. The fraction of sp³-hybridized carbons (Fsp3) is 0.400. The SMILES string of the molecule is CCCN1CCc2c(sc(NC(=O)c3ccccc3S(C)(=O)=O)c2C(=O)OC)C1. The van der Waals surface area contributed by atoms with Crippen LogP contribution in [0.15, 0.2) is 29.2 Å². The topological polar surface area (TPSA) is 92.8 Å². The Balaban J connectivity index is 1.98. The predicted octanol–water partition coefficient (Wildman–Crippen LogP) is 2.96. The second-order valence-corrected chi connectivity index (χ2v) is 10.0. The van der Waals surface area contributed by atoms with Crippen molar-refractivity contribution < 1.29 is 22.7 Å². The molecule has 1 amide bonds. The van der Waals surface area contributed by atoms with Gasteiger partial charge in [-0.25, -0.2) is 13.2 Å². The minimum Gasteiger partial charge on any atom is -0.465 e. The number of rotatable bonds is 6. The Kier molecular flexibility index (Phi) is 6.40. The molecule has 1 N–H and O–H groups in total. The maximum absolute atomic E-state index is 12.9. The van der Waals surface area contributed by atoms with E-state index in [1.165, 1.54) is 30.6 Å². The fourth-order valence-electron chi connectivity index (χ4n) is 3.52. The van der Waals surface area contributed by atoms with Gasteiger partial charge in [-0.2, -0.15) is 0 Å². The Morgan fingerprint density at radius 2 is 2.00 bits per heavy atom. The second-order valence-electron chi connectivity index (χ2n) is 6.95. The molecule has 1 aliphatic rings. The van der Waals surface area contributed by atoms with E-state index in [2.05, 4.69) is 17.1 Å². The molecule has 1 aromatic carbocycles. The van der Waals surface area contributed by atoms with E-state index in [4.69, 9.17) is 4.74 Å². The summed E-state index contributed by atoms with van der Waals surface area (Å²) in [5.74, 6) is -1.07. The molecule has 0 atom stereocenters. The van der Waals surface area contributed by atoms with Crippen LogP contribution in [-0.4, -0.2) is 51.6 Å². The number of anilines is 1. The number of ether oxygens (including phenoxy) is 1. The Morgan fingerprint density at radius 1 is 1.28 bits per heavy atom. The van der Waals surface area contributed by atoms with E-state index in [0.717, 1.165) is 36.2 Å². The van der Waals surface area contributed by atoms with Gasteiger partial charge in [0.1, 0.15) is 5.00 Å². The molecule has 1 aromatic heterocycles. The lowest BCUT2D eigenvalue weighted by Gasteiger charge is -2.26. The molecule has 7 nitrogen and oxygen atoms in total. The normalized spacial score (nSPS) is 14.3. The largest absolute Gasteiger partial charge is 0.465 e. The van der Waals surface area contributed by atoms with E-state index < -0.39 is 21.7 Å². The van der Waals surface area contributed by atoms with Crippen LogP contribution in [0.2, 0.25) is 0 Å². The molecule has 0 aliphatic carbocycles. The van der Waals surface area contributed by atoms with Crippen LogP contribution in [0, 0.1) is 0 Å². The summed E-state index contributed by atoms with van der Waals surface area (Å²) in [6, 6.07) is 6.03. The van der Waals surface area contributed by atoms with Gasteiger partial charge in [0.15, 0.2) is 9.84 Å². The highest BCUT2D eigenvalue weighted by Crippen LogP contribution is 2.38. The first-order chi connectivity index (χ1) is 13.8. The van der Waals surface area contributed by atoms with Crippen molar-refractivity contribution in [3.05, 3.63) is 45.8 Å². The van der Waals surface area contributed by atoms with Crippen LogP contribution in [0.5, 0.6) is 0 Å². The summed E-state index contributed by atoms with van der Waals surface area (Å²) >= 11 is 1.35. The molecule has 9 heteroatoms. The van der Waals surface area contributed by atoms with Gasteiger partial charge in [0.05, 0.1) is 23.1 Å². The van der Waals surface area contributed by atoms with Crippen molar-refractivity contribution in [1.82, 2.24) is 4.90 Å². The molecule has 3 rings (SSSR count). The van der Waals surface area contributed by atoms with Gasteiger partial charge in [0.2, 0.25) is 0 Å². The molecule has 2 aromatic rings. The van der Waals surface area contributed by atoms with Gasteiger partial charge < -0.3 is 10.1 Å². The lowest BCUT2D eigenvalue weighted by molar-refractivity contribution is 0.0600. The molecule has 29 heavy (non-hydrogen) atoms. The number of amides is 1. The molecule has 156 valence electrons. The van der Waals surface area contributed by atoms with Crippen molar-refractivity contribution in [1.29, 1.82) is 0 Å². The number of nitrogens with zero attached hydrogens (tertiary/aromatic N) is 1. The molecule has 1 aliphatic heterocycles. The van der Waals surface area contributed by atoms with Crippen LogP contribution < -0.4 is 5.32 Å². The Labute approximate surface area is 174 Å². The number of carbonyl (C=O) groups excluding carboxylic acids is 2. The van der Waals surface area contributed by atoms with Crippen molar-refractivity contribution in [3.8, 4) is 0 Å². The van der Waals surface area contributed by atoms with Gasteiger partial charge in [-0.1, -0.05) is 19.1 Å². The summed E-state index contributed by atoms with van der Waals surface area (Å²) in [5, 5.41) is 3.15. The first-order valence-corrected chi connectivity index (χ1v) is 12.0. The number of methoxy groups -OCH3 is 1. The van der Waals surface area contributed by atoms with Gasteiger partial charge >= 0.3 is 5.97 Å². The highest BCUT2D eigenvalue weighted by molar-refractivity contribution is 7.90. The molecule has 0 bridgehead atoms. The third kappa shape index (κ3) is 4.52. The number of thiophene rings is 1. The highest BCUT2D eigenvalue weighted by Gasteiger charge is 2.30. The van der Waals surface area contributed by atoms with Crippen LogP contribution >= 0.6 is 11.3 Å². The zero-order chi connectivity index (χ0) is 21.2. The Bertz CT molecular complexity index is 1040. The standard InChI is InChI=1S/C20H24N2O5S2/c1-4-10-22-11-9-13-15(12-22)28-19(17(13)20(24)27-2)21-18(23)14-7-5-6-8-16(14)29(3,25)26/h5-8H,4,9-12H2,1-3H3,(H,21,23). The van der Waals surface area contributed by atoms with Crippen LogP contribution in [0.25, 0.3) is 0 Å². The van der Waals surface area contributed by atoms with Crippen molar-refractivity contribution in [2.75, 3.05) is 31.8 Å². The van der Waals surface area contributed by atoms with Gasteiger partial charge in [0, 0.05) is 24.2 Å². The minimum absolute atomic E-state index is 0.0461. The summed E-state index contributed by atoms with van der Waals surface area (Å²) in [6.07, 6.45) is 2.80. The first kappa shape index (κ1) is 21.5. The van der Waals surface area contributed by atoms with Crippen molar-refractivity contribution in [3.63, 3.8) is 0 Å². The summed E-state index contributed by atoms with van der Waals surface area (Å²) in [6.45, 7) is 4.64. The number of nitrogens with one attached hydrogen (secondary N) is 1. The lowest BCUT2D eigenvalue weighted by atomic mass is 10.0. The number of carbonyl (C=O) groups is 2. The summed E-state index contributed by atoms with van der Waals surface area (Å²) < 4.78 is 29.0. The summed E-state index contributed by atoms with van der Waals surface area (Å²) in [7, 11) is -2.26. The molecule has 0 unspecified atom stereocenters. The van der Waals surface area contributed by atoms with Crippen LogP contribution in [0.3, 0.4) is 0 Å². The van der Waals surface area contributed by atoms with Gasteiger partial charge in [-0.15, -0.1) is 11.3 Å². The average Bonchev–Trinajstić information content (AvgIpc) is 3.04. The molecule has 0 saturated heterocycles. The van der Waals surface area contributed by atoms with E-state index in [1.807, 2.05) is 0 Å². The third-order valence-corrected chi connectivity index (χ3v) is 7.11. The number of fused-ring (bicyclic) bond motifs is 1. The van der Waals surface area contributed by atoms with Crippen molar-refractivity contribution in [2.45, 2.75) is 31.2 Å². The number of sulfone groups is 1. The second kappa shape index (κ2) is 8.64. The average molecular weight is 437 g/mol. The van der Waals surface area contributed by atoms with E-state index in [0.29, 0.717) is 23.5 Å². The maximum Gasteiger partial charge on any atom is 0.341 e. The molecule has 0 radical (unpaired) electrons. The Morgan fingerprint density at radius 3 is 2.66 bits per heavy atom. The van der Waals surface area contributed by atoms with Crippen LogP contribution in [-0.2, 0) is 27.5 Å². The Hall–Kier alpha value is -2.23. The van der Waals surface area contributed by atoms with Crippen molar-refractivity contribution >= 4 is 38.1 Å². The predicted molar refractivity (Wildman–Crippen MR) is 112 cm³/mol. The lowest BCUT2D eigenvalue weighted by Crippen LogP contribution is -2.30. The van der Waals surface area contributed by atoms with Crippen LogP contribution in [0.1, 0.15) is 44.5 Å². The third-order valence-electron chi connectivity index (χ3n) is 4.82. The number of esters is 1. The van der Waals surface area contributed by atoms with E-state index >= 15 is 0 Å². The van der Waals surface area contributed by atoms with E-state index in [9.17, 15) is 18.0 Å². The molecule has 0 saturated carbocycles. The summed E-state index contributed by atoms with van der Waals surface area (Å²) in [4.78, 5) is 28.6. The molecule has 2 heterocycles. The molecule has 0 fully saturated rings. The smallest absolute Gasteiger partial charge is 0.341 e. The van der Waals surface area contributed by atoms with Crippen molar-refractivity contribution in [2.24, 2.45) is 0 Å². The zero-order valence-electron chi connectivity index (χ0n) is 16.6. The maximum atomic E-state index is 12.9. The molecular formula is C20H24N2O5S2. The van der Waals surface area contributed by atoms with Gasteiger partial charge in [-0.3, -0.25) is 9.69 Å². The van der Waals surface area contributed by atoms with Gasteiger partial charge in [0.25, 0.3) is 5.91 Å². The summed E-state index contributed by atoms with van der Waals surface area (Å²) in [5.41, 5.74) is 1.32. The first-order valence-electron chi connectivity index (χ1n) is 9.31.